The maximum atomic E-state index is 12.7. The van der Waals surface area contributed by atoms with Crippen molar-refractivity contribution in [2.75, 3.05) is 17.2 Å². The monoisotopic (exact) mass is 543 g/mol. The topological polar surface area (TPSA) is 208 Å². The third kappa shape index (κ3) is 6.46. The van der Waals surface area contributed by atoms with Crippen molar-refractivity contribution in [1.29, 1.82) is 0 Å². The molecule has 0 radical (unpaired) electrons. The molecular weight excluding hydrogens is 525 g/mol. The lowest BCUT2D eigenvalue weighted by Gasteiger charge is -2.15. The van der Waals surface area contributed by atoms with Gasteiger partial charge in [0.1, 0.15) is 0 Å². The molecule has 6 N–H and O–H groups in total. The van der Waals surface area contributed by atoms with Crippen LogP contribution < -0.4 is 17.2 Å². The second kappa shape index (κ2) is 9.90. The maximum absolute atomic E-state index is 12.7. The largest absolute Gasteiger partial charge is 0.952 e. The molecule has 16 heteroatoms. The van der Waals surface area contributed by atoms with E-state index in [0.717, 1.165) is 36.4 Å². The van der Waals surface area contributed by atoms with Gasteiger partial charge in [-0.1, -0.05) is 18.2 Å². The first kappa shape index (κ1) is 25.9. The lowest BCUT2D eigenvalue weighted by Crippen LogP contribution is -2.35. The Kier molecular flexibility index (Phi) is 7.55. The van der Waals surface area contributed by atoms with Crippen LogP contribution in [0.25, 0.3) is 0 Å². The van der Waals surface area contributed by atoms with Crippen LogP contribution in [0, 0.1) is 0 Å². The van der Waals surface area contributed by atoms with Gasteiger partial charge < -0.3 is 26.9 Å². The number of hydrogen-bond acceptors (Lipinski definition) is 12. The van der Waals surface area contributed by atoms with Crippen molar-refractivity contribution < 1.29 is 35.0 Å². The summed E-state index contributed by atoms with van der Waals surface area (Å²) in [5, 5.41) is 0. The number of benzene rings is 3. The first-order valence-corrected chi connectivity index (χ1v) is 14.8. The molecule has 0 heterocycles. The first-order valence-electron chi connectivity index (χ1n) is 9.15. The van der Waals surface area contributed by atoms with E-state index < -0.39 is 60.2 Å². The Bertz CT molecular complexity index is 1340. The van der Waals surface area contributed by atoms with Gasteiger partial charge >= 0.3 is 15.1 Å². The van der Waals surface area contributed by atoms with E-state index in [2.05, 4.69) is 0 Å². The van der Waals surface area contributed by atoms with Crippen LogP contribution in [0.3, 0.4) is 0 Å². The quantitative estimate of drug-likeness (QED) is 0.254. The summed E-state index contributed by atoms with van der Waals surface area (Å²) in [7, 11) is -14.3. The molecule has 3 rings (SSSR count). The summed E-state index contributed by atoms with van der Waals surface area (Å²) in [5.74, 6) is 0. The molecule has 12 nitrogen and oxygen atoms in total. The zero-order valence-corrected chi connectivity index (χ0v) is 20.7. The van der Waals surface area contributed by atoms with E-state index in [1.807, 2.05) is 0 Å². The fraction of sp³-hybridized carbons (Fsp3) is 0. The highest BCUT2D eigenvalue weighted by molar-refractivity contribution is 7.90. The first-order chi connectivity index (χ1) is 15.8. The summed E-state index contributed by atoms with van der Waals surface area (Å²) in [6, 6.07) is 14.5. The molecular formula is C18H18AlN3O9S3. The minimum absolute atomic E-state index is 0.0597. The zero-order chi connectivity index (χ0) is 25.1. The second-order valence-corrected chi connectivity index (χ2v) is 13.7. The van der Waals surface area contributed by atoms with Crippen LogP contribution in [-0.4, -0.2) is 40.4 Å². The van der Waals surface area contributed by atoms with Crippen molar-refractivity contribution in [3.05, 3.63) is 72.8 Å². The summed E-state index contributed by atoms with van der Waals surface area (Å²) >= 11 is -4.55. The highest BCUT2D eigenvalue weighted by atomic mass is 32.2. The molecule has 0 aliphatic heterocycles. The molecule has 34 heavy (non-hydrogen) atoms. The van der Waals surface area contributed by atoms with Gasteiger partial charge in [0.05, 0.1) is 14.7 Å². The van der Waals surface area contributed by atoms with Crippen LogP contribution in [0.4, 0.5) is 17.1 Å². The summed E-state index contributed by atoms with van der Waals surface area (Å²) in [6.07, 6.45) is 0. The van der Waals surface area contributed by atoms with Gasteiger partial charge in [0.15, 0.2) is 0 Å². The minimum atomic E-state index is -4.75. The molecule has 0 saturated heterocycles. The average Bonchev–Trinajstić information content (AvgIpc) is 2.73. The molecule has 3 aromatic carbocycles. The molecule has 0 spiro atoms. The van der Waals surface area contributed by atoms with E-state index in [0.29, 0.717) is 0 Å². The molecule has 0 saturated carbocycles. The number of hydrogen-bond donors (Lipinski definition) is 3. The summed E-state index contributed by atoms with van der Waals surface area (Å²) in [5.41, 5.74) is 16.9. The Morgan fingerprint density at radius 1 is 0.500 bits per heavy atom. The van der Waals surface area contributed by atoms with Gasteiger partial charge in [0, 0.05) is 17.1 Å². The van der Waals surface area contributed by atoms with Crippen LogP contribution >= 0.6 is 0 Å². The lowest BCUT2D eigenvalue weighted by molar-refractivity contribution is 0.311. The van der Waals surface area contributed by atoms with E-state index in [9.17, 15) is 25.3 Å². The van der Waals surface area contributed by atoms with Gasteiger partial charge in [-0.3, -0.25) is 0 Å². The fourth-order valence-corrected chi connectivity index (χ4v) is 9.18. The molecule has 0 unspecified atom stereocenters. The van der Waals surface area contributed by atoms with Crippen LogP contribution in [0.15, 0.2) is 87.5 Å². The SMILES string of the molecule is Nc1cccc(S(=O)(=O)[O][Al]([O]S(=O)(=O)c2cccc(N)c2)[O]S(=O)(=O)c2cccc(N)c2)c1. The predicted octanol–water partition coefficient (Wildman–Crippen LogP) is 0.934. The van der Waals surface area contributed by atoms with Gasteiger partial charge in [-0.15, -0.1) is 0 Å². The molecule has 0 amide bonds. The van der Waals surface area contributed by atoms with Gasteiger partial charge in [-0.25, -0.2) is 0 Å². The Labute approximate surface area is 201 Å². The predicted molar refractivity (Wildman–Crippen MR) is 123 cm³/mol. The average molecular weight is 544 g/mol. The van der Waals surface area contributed by atoms with Crippen LogP contribution in [0.2, 0.25) is 0 Å². The number of rotatable bonds is 9. The third-order valence-corrected chi connectivity index (χ3v) is 11.5. The van der Waals surface area contributed by atoms with Crippen molar-refractivity contribution in [2.45, 2.75) is 14.7 Å². The van der Waals surface area contributed by atoms with Gasteiger partial charge in [0.25, 0.3) is 30.4 Å². The molecule has 0 bridgehead atoms. The van der Waals surface area contributed by atoms with E-state index in [4.69, 9.17) is 26.9 Å². The summed E-state index contributed by atoms with van der Waals surface area (Å²) < 4.78 is 90.8. The Balaban J connectivity index is 2.00. The Morgan fingerprint density at radius 3 is 1.00 bits per heavy atom. The third-order valence-electron chi connectivity index (χ3n) is 4.06. The number of anilines is 3. The molecule has 0 aliphatic rings. The highest BCUT2D eigenvalue weighted by Crippen LogP contribution is 2.23. The van der Waals surface area contributed by atoms with Crippen molar-refractivity contribution in [3.8, 4) is 0 Å². The summed E-state index contributed by atoms with van der Waals surface area (Å²) in [4.78, 5) is -1.42. The van der Waals surface area contributed by atoms with Gasteiger partial charge in [0.2, 0.25) is 0 Å². The smallest absolute Gasteiger partial charge is 0.399 e. The van der Waals surface area contributed by atoms with E-state index in [1.54, 1.807) is 0 Å². The molecule has 180 valence electrons. The van der Waals surface area contributed by atoms with E-state index in [-0.39, 0.29) is 17.1 Å². The minimum Gasteiger partial charge on any atom is -0.399 e. The molecule has 0 aliphatic carbocycles. The second-order valence-electron chi connectivity index (χ2n) is 6.66. The van der Waals surface area contributed by atoms with Crippen molar-refractivity contribution in [1.82, 2.24) is 0 Å². The molecule has 0 atom stereocenters. The van der Waals surface area contributed by atoms with Crippen molar-refractivity contribution in [3.63, 3.8) is 0 Å². The van der Waals surface area contributed by atoms with Crippen LogP contribution in [0.5, 0.6) is 0 Å². The Hall–Kier alpha value is -2.68. The van der Waals surface area contributed by atoms with E-state index in [1.165, 1.54) is 36.4 Å². The van der Waals surface area contributed by atoms with E-state index >= 15 is 0 Å². The fourth-order valence-electron chi connectivity index (χ4n) is 2.54. The van der Waals surface area contributed by atoms with Crippen LogP contribution in [-0.2, 0) is 40.1 Å². The lowest BCUT2D eigenvalue weighted by atomic mass is 10.3. The standard InChI is InChI=1S/3C6H7NO3S.Al/c3*7-5-2-1-3-6(4-5)11(8,9)10;/h3*1-4H,7H2,(H,8,9,10);/q;;;+3/p-3. The highest BCUT2D eigenvalue weighted by Gasteiger charge is 2.47. The van der Waals surface area contributed by atoms with Gasteiger partial charge in [-0.2, -0.15) is 25.3 Å². The van der Waals surface area contributed by atoms with Crippen molar-refractivity contribution in [2.24, 2.45) is 0 Å². The maximum Gasteiger partial charge on any atom is 0.952 e. The zero-order valence-electron chi connectivity index (χ0n) is 17.1. The van der Waals surface area contributed by atoms with Crippen molar-refractivity contribution >= 4 is 62.6 Å². The van der Waals surface area contributed by atoms with Crippen LogP contribution in [0.1, 0.15) is 0 Å². The summed E-state index contributed by atoms with van der Waals surface area (Å²) in [6.45, 7) is 0. The van der Waals surface area contributed by atoms with Gasteiger partial charge in [-0.05, 0) is 54.6 Å². The number of nitrogens with two attached hydrogens (primary N) is 3. The Morgan fingerprint density at radius 2 is 0.765 bits per heavy atom. The molecule has 0 fully saturated rings. The molecule has 3 aromatic rings. The molecule has 0 aromatic heterocycles. The number of nitrogen functional groups attached to an aromatic ring is 3. The normalized spacial score (nSPS) is 12.4.